The highest BCUT2D eigenvalue weighted by Crippen LogP contribution is 2.33. The maximum absolute atomic E-state index is 5.50. The number of aromatic nitrogens is 2. The van der Waals surface area contributed by atoms with Gasteiger partial charge >= 0.3 is 0 Å². The lowest BCUT2D eigenvalue weighted by Gasteiger charge is -2.34. The van der Waals surface area contributed by atoms with Gasteiger partial charge in [-0.2, -0.15) is 0 Å². The third-order valence-electron chi connectivity index (χ3n) is 3.34. The monoisotopic (exact) mass is 281 g/mol. The standard InChI is InChI=1S/C14H27N5O/c1-6-11(7-2)19(8-10(3)4)14-12(20-5)13(18-15)16-9-17-14/h9-11H,6-8,15H2,1-5H3,(H,16,17,18). The Labute approximate surface area is 121 Å². The average Bonchev–Trinajstić information content (AvgIpc) is 2.46. The quantitative estimate of drug-likeness (QED) is 0.563. The van der Waals surface area contributed by atoms with Crippen LogP contribution < -0.4 is 20.9 Å². The summed E-state index contributed by atoms with van der Waals surface area (Å²) in [6.07, 6.45) is 3.63. The molecule has 114 valence electrons. The van der Waals surface area contributed by atoms with Crippen LogP contribution >= 0.6 is 0 Å². The Bertz CT molecular complexity index is 407. The average molecular weight is 281 g/mol. The van der Waals surface area contributed by atoms with Crippen LogP contribution in [-0.4, -0.2) is 29.7 Å². The van der Waals surface area contributed by atoms with Crippen LogP contribution in [0.15, 0.2) is 6.33 Å². The summed E-state index contributed by atoms with van der Waals surface area (Å²) in [5.41, 5.74) is 2.57. The number of nitrogen functional groups attached to an aromatic ring is 1. The van der Waals surface area contributed by atoms with E-state index in [1.54, 1.807) is 7.11 Å². The number of rotatable bonds is 8. The third-order valence-corrected chi connectivity index (χ3v) is 3.34. The van der Waals surface area contributed by atoms with Crippen molar-refractivity contribution in [3.63, 3.8) is 0 Å². The lowest BCUT2D eigenvalue weighted by atomic mass is 10.1. The first-order valence-corrected chi connectivity index (χ1v) is 7.21. The smallest absolute Gasteiger partial charge is 0.205 e. The molecule has 0 aromatic carbocycles. The second kappa shape index (κ2) is 7.89. The molecule has 0 atom stereocenters. The predicted molar refractivity (Wildman–Crippen MR) is 82.9 cm³/mol. The predicted octanol–water partition coefficient (Wildman–Crippen LogP) is 2.42. The molecule has 1 aromatic rings. The molecule has 0 amide bonds. The molecular weight excluding hydrogens is 254 g/mol. The SMILES string of the molecule is CCC(CC)N(CC(C)C)c1ncnc(NN)c1OC. The van der Waals surface area contributed by atoms with Gasteiger partial charge in [0.25, 0.3) is 0 Å². The van der Waals surface area contributed by atoms with E-state index >= 15 is 0 Å². The summed E-state index contributed by atoms with van der Waals surface area (Å²) in [7, 11) is 1.61. The van der Waals surface area contributed by atoms with Crippen LogP contribution in [0.4, 0.5) is 11.6 Å². The normalized spacial score (nSPS) is 11.0. The molecule has 0 bridgehead atoms. The zero-order chi connectivity index (χ0) is 15.1. The number of hydrogen-bond acceptors (Lipinski definition) is 6. The van der Waals surface area contributed by atoms with E-state index in [1.807, 2.05) is 0 Å². The molecule has 0 aliphatic heterocycles. The van der Waals surface area contributed by atoms with Gasteiger partial charge in [-0.15, -0.1) is 0 Å². The minimum Gasteiger partial charge on any atom is -0.490 e. The zero-order valence-electron chi connectivity index (χ0n) is 13.2. The van der Waals surface area contributed by atoms with Crippen molar-refractivity contribution >= 4 is 11.6 Å². The fourth-order valence-electron chi connectivity index (χ4n) is 2.39. The van der Waals surface area contributed by atoms with E-state index in [4.69, 9.17) is 10.6 Å². The van der Waals surface area contributed by atoms with Crippen molar-refractivity contribution in [1.82, 2.24) is 9.97 Å². The van der Waals surface area contributed by atoms with E-state index in [0.29, 0.717) is 23.5 Å². The summed E-state index contributed by atoms with van der Waals surface area (Å²) in [5, 5.41) is 0. The first kappa shape index (κ1) is 16.5. The molecule has 0 aliphatic carbocycles. The van der Waals surface area contributed by atoms with Gasteiger partial charge in [0.1, 0.15) is 6.33 Å². The summed E-state index contributed by atoms with van der Waals surface area (Å²) in [6, 6.07) is 0.423. The van der Waals surface area contributed by atoms with Crippen LogP contribution in [0.5, 0.6) is 5.75 Å². The highest BCUT2D eigenvalue weighted by Gasteiger charge is 2.23. The van der Waals surface area contributed by atoms with E-state index in [9.17, 15) is 0 Å². The maximum atomic E-state index is 5.50. The van der Waals surface area contributed by atoms with Crippen molar-refractivity contribution in [3.05, 3.63) is 6.33 Å². The van der Waals surface area contributed by atoms with E-state index in [-0.39, 0.29) is 0 Å². The minimum atomic E-state index is 0.423. The number of nitrogens with one attached hydrogen (secondary N) is 1. The molecule has 0 saturated carbocycles. The molecule has 0 unspecified atom stereocenters. The van der Waals surface area contributed by atoms with Gasteiger partial charge in [-0.3, -0.25) is 0 Å². The van der Waals surface area contributed by atoms with E-state index in [2.05, 4.69) is 48.0 Å². The van der Waals surface area contributed by atoms with Crippen molar-refractivity contribution in [2.75, 3.05) is 24.0 Å². The van der Waals surface area contributed by atoms with Gasteiger partial charge < -0.3 is 15.1 Å². The van der Waals surface area contributed by atoms with Gasteiger partial charge in [0.15, 0.2) is 11.6 Å². The molecule has 1 aromatic heterocycles. The summed E-state index contributed by atoms with van der Waals surface area (Å²) in [4.78, 5) is 10.8. The number of ether oxygens (including phenoxy) is 1. The van der Waals surface area contributed by atoms with Crippen LogP contribution in [0.25, 0.3) is 0 Å². The summed E-state index contributed by atoms with van der Waals surface area (Å²) >= 11 is 0. The Kier molecular flexibility index (Phi) is 6.51. The molecule has 0 radical (unpaired) electrons. The van der Waals surface area contributed by atoms with E-state index in [1.165, 1.54) is 6.33 Å². The molecule has 0 saturated heterocycles. The van der Waals surface area contributed by atoms with Crippen molar-refractivity contribution in [2.24, 2.45) is 11.8 Å². The van der Waals surface area contributed by atoms with Crippen LogP contribution in [-0.2, 0) is 0 Å². The Morgan fingerprint density at radius 1 is 1.30 bits per heavy atom. The van der Waals surface area contributed by atoms with Gasteiger partial charge in [0.05, 0.1) is 7.11 Å². The molecular formula is C14H27N5O. The Morgan fingerprint density at radius 3 is 2.40 bits per heavy atom. The largest absolute Gasteiger partial charge is 0.490 e. The van der Waals surface area contributed by atoms with Gasteiger partial charge in [-0.25, -0.2) is 15.8 Å². The van der Waals surface area contributed by atoms with Gasteiger partial charge in [0.2, 0.25) is 5.75 Å². The summed E-state index contributed by atoms with van der Waals surface area (Å²) in [5.74, 6) is 7.95. The van der Waals surface area contributed by atoms with Crippen molar-refractivity contribution in [2.45, 2.75) is 46.6 Å². The molecule has 20 heavy (non-hydrogen) atoms. The zero-order valence-corrected chi connectivity index (χ0v) is 13.2. The van der Waals surface area contributed by atoms with Crippen LogP contribution in [0.3, 0.4) is 0 Å². The molecule has 6 heteroatoms. The highest BCUT2D eigenvalue weighted by molar-refractivity contribution is 5.64. The van der Waals surface area contributed by atoms with Gasteiger partial charge in [-0.1, -0.05) is 27.7 Å². The van der Waals surface area contributed by atoms with E-state index in [0.717, 1.165) is 25.2 Å². The van der Waals surface area contributed by atoms with Crippen LogP contribution in [0.1, 0.15) is 40.5 Å². The fourth-order valence-corrected chi connectivity index (χ4v) is 2.39. The third kappa shape index (κ3) is 3.72. The van der Waals surface area contributed by atoms with Gasteiger partial charge in [-0.05, 0) is 18.8 Å². The Balaban J connectivity index is 3.25. The fraction of sp³-hybridized carbons (Fsp3) is 0.714. The molecule has 6 nitrogen and oxygen atoms in total. The second-order valence-corrected chi connectivity index (χ2v) is 5.24. The van der Waals surface area contributed by atoms with E-state index < -0.39 is 0 Å². The molecule has 3 N–H and O–H groups in total. The second-order valence-electron chi connectivity index (χ2n) is 5.24. The molecule has 0 spiro atoms. The van der Waals surface area contributed by atoms with Crippen molar-refractivity contribution in [3.8, 4) is 5.75 Å². The number of nitrogens with two attached hydrogens (primary N) is 1. The lowest BCUT2D eigenvalue weighted by Crippen LogP contribution is -2.38. The molecule has 1 rings (SSSR count). The number of anilines is 2. The first-order valence-electron chi connectivity index (χ1n) is 7.21. The number of hydrazine groups is 1. The first-order chi connectivity index (χ1) is 9.58. The summed E-state index contributed by atoms with van der Waals surface area (Å²) in [6.45, 7) is 9.70. The number of hydrogen-bond donors (Lipinski definition) is 2. The lowest BCUT2D eigenvalue weighted by molar-refractivity contribution is 0.406. The van der Waals surface area contributed by atoms with Crippen molar-refractivity contribution in [1.29, 1.82) is 0 Å². The number of methoxy groups -OCH3 is 1. The highest BCUT2D eigenvalue weighted by atomic mass is 16.5. The van der Waals surface area contributed by atoms with Gasteiger partial charge in [0, 0.05) is 12.6 Å². The van der Waals surface area contributed by atoms with Crippen LogP contribution in [0.2, 0.25) is 0 Å². The molecule has 1 heterocycles. The summed E-state index contributed by atoms with van der Waals surface area (Å²) < 4.78 is 5.46. The van der Waals surface area contributed by atoms with Crippen LogP contribution in [0, 0.1) is 5.92 Å². The topological polar surface area (TPSA) is 76.3 Å². The maximum Gasteiger partial charge on any atom is 0.205 e. The Hall–Kier alpha value is -1.56. The van der Waals surface area contributed by atoms with Crippen molar-refractivity contribution < 1.29 is 4.74 Å². The molecule has 0 aliphatic rings. The number of nitrogens with zero attached hydrogens (tertiary/aromatic N) is 3. The minimum absolute atomic E-state index is 0.423. The molecule has 0 fully saturated rings. The Morgan fingerprint density at radius 2 is 1.95 bits per heavy atom.